The predicted octanol–water partition coefficient (Wildman–Crippen LogP) is 1.36. The Bertz CT molecular complexity index is 465. The molecule has 19 heavy (non-hydrogen) atoms. The minimum atomic E-state index is 0.355. The molecule has 5 nitrogen and oxygen atoms in total. The van der Waals surface area contributed by atoms with Gasteiger partial charge in [0.25, 0.3) is 0 Å². The molecule has 0 amide bonds. The van der Waals surface area contributed by atoms with Gasteiger partial charge < -0.3 is 15.4 Å². The fourth-order valence-electron chi connectivity index (χ4n) is 3.50. The average molecular weight is 262 g/mol. The normalized spacial score (nSPS) is 30.3. The Labute approximate surface area is 114 Å². The van der Waals surface area contributed by atoms with E-state index in [2.05, 4.69) is 14.9 Å². The third-order valence-corrected chi connectivity index (χ3v) is 4.49. The zero-order chi connectivity index (χ0) is 13.4. The number of hydrogen-bond donors (Lipinski definition) is 1. The van der Waals surface area contributed by atoms with E-state index in [4.69, 9.17) is 10.5 Å². The van der Waals surface area contributed by atoms with Crippen LogP contribution >= 0.6 is 0 Å². The number of rotatable bonds is 2. The Balaban J connectivity index is 1.82. The van der Waals surface area contributed by atoms with Gasteiger partial charge in [-0.25, -0.2) is 4.98 Å². The summed E-state index contributed by atoms with van der Waals surface area (Å²) in [5, 5.41) is 0. The number of nitrogens with two attached hydrogens (primary N) is 1. The van der Waals surface area contributed by atoms with Crippen LogP contribution in [0, 0.1) is 18.8 Å². The highest BCUT2D eigenvalue weighted by Crippen LogP contribution is 2.37. The summed E-state index contributed by atoms with van der Waals surface area (Å²) in [6.07, 6.45) is 3.74. The second-order valence-corrected chi connectivity index (χ2v) is 5.74. The van der Waals surface area contributed by atoms with E-state index in [0.29, 0.717) is 17.8 Å². The van der Waals surface area contributed by atoms with Crippen molar-refractivity contribution in [2.45, 2.75) is 32.2 Å². The Morgan fingerprint density at radius 3 is 2.89 bits per heavy atom. The maximum absolute atomic E-state index is 6.26. The van der Waals surface area contributed by atoms with Crippen molar-refractivity contribution in [2.75, 3.05) is 25.1 Å². The van der Waals surface area contributed by atoms with Crippen LogP contribution in [0.15, 0.2) is 6.07 Å². The molecule has 0 aromatic carbocycles. The van der Waals surface area contributed by atoms with E-state index in [0.717, 1.165) is 30.6 Å². The van der Waals surface area contributed by atoms with Crippen molar-refractivity contribution in [3.8, 4) is 5.88 Å². The van der Waals surface area contributed by atoms with Gasteiger partial charge in [0.15, 0.2) is 0 Å². The molecule has 0 bridgehead atoms. The smallest absolute Gasteiger partial charge is 0.218 e. The van der Waals surface area contributed by atoms with E-state index in [1.165, 1.54) is 19.3 Å². The number of nitrogens with zero attached hydrogens (tertiary/aromatic N) is 3. The lowest BCUT2D eigenvalue weighted by Gasteiger charge is -2.29. The van der Waals surface area contributed by atoms with Gasteiger partial charge in [0.05, 0.1) is 7.11 Å². The topological polar surface area (TPSA) is 64.3 Å². The highest BCUT2D eigenvalue weighted by molar-refractivity contribution is 5.43. The quantitative estimate of drug-likeness (QED) is 0.871. The van der Waals surface area contributed by atoms with Gasteiger partial charge in [-0.3, -0.25) is 0 Å². The molecule has 0 spiro atoms. The fraction of sp³-hybridized carbons (Fsp3) is 0.714. The Morgan fingerprint density at radius 2 is 2.16 bits per heavy atom. The molecule has 1 aliphatic heterocycles. The molecular weight excluding hydrogens is 240 g/mol. The van der Waals surface area contributed by atoms with Crippen LogP contribution in [0.5, 0.6) is 5.88 Å². The molecule has 2 heterocycles. The summed E-state index contributed by atoms with van der Waals surface area (Å²) in [6.45, 7) is 3.99. The maximum atomic E-state index is 6.26. The molecule has 2 N–H and O–H groups in total. The summed E-state index contributed by atoms with van der Waals surface area (Å²) in [5.41, 5.74) is 6.26. The van der Waals surface area contributed by atoms with Gasteiger partial charge in [-0.05, 0) is 31.6 Å². The van der Waals surface area contributed by atoms with Crippen LogP contribution in [-0.4, -0.2) is 36.2 Å². The second-order valence-electron chi connectivity index (χ2n) is 5.74. The molecule has 104 valence electrons. The monoisotopic (exact) mass is 262 g/mol. The minimum absolute atomic E-state index is 0.355. The fourth-order valence-corrected chi connectivity index (χ4v) is 3.50. The van der Waals surface area contributed by atoms with Gasteiger partial charge in [-0.15, -0.1) is 0 Å². The molecule has 1 aliphatic carbocycles. The highest BCUT2D eigenvalue weighted by Gasteiger charge is 2.39. The van der Waals surface area contributed by atoms with Crippen molar-refractivity contribution in [3.05, 3.63) is 11.9 Å². The summed E-state index contributed by atoms with van der Waals surface area (Å²) in [4.78, 5) is 11.1. The van der Waals surface area contributed by atoms with Crippen molar-refractivity contribution in [1.29, 1.82) is 0 Å². The van der Waals surface area contributed by atoms with Crippen molar-refractivity contribution >= 4 is 5.82 Å². The Hall–Kier alpha value is -1.36. The van der Waals surface area contributed by atoms with E-state index in [1.54, 1.807) is 7.11 Å². The lowest BCUT2D eigenvalue weighted by molar-refractivity contribution is 0.260. The molecule has 1 saturated carbocycles. The number of fused-ring (bicyclic) bond motifs is 1. The summed E-state index contributed by atoms with van der Waals surface area (Å²) in [7, 11) is 1.64. The van der Waals surface area contributed by atoms with Crippen LogP contribution < -0.4 is 15.4 Å². The predicted molar refractivity (Wildman–Crippen MR) is 74.3 cm³/mol. The third-order valence-electron chi connectivity index (χ3n) is 4.49. The lowest BCUT2D eigenvalue weighted by atomic mass is 9.78. The minimum Gasteiger partial charge on any atom is -0.481 e. The van der Waals surface area contributed by atoms with E-state index in [1.807, 2.05) is 13.0 Å². The van der Waals surface area contributed by atoms with Crippen molar-refractivity contribution < 1.29 is 4.74 Å². The van der Waals surface area contributed by atoms with E-state index in [9.17, 15) is 0 Å². The number of hydrogen-bond acceptors (Lipinski definition) is 5. The first kappa shape index (κ1) is 12.7. The standard InChI is InChI=1S/C14H22N4O/c1-9-16-13(6-14(17-9)19-2)18-7-10-4-3-5-12(15)11(10)8-18/h6,10-12H,3-5,7-8,15H2,1-2H3. The van der Waals surface area contributed by atoms with Crippen LogP contribution in [0.1, 0.15) is 25.1 Å². The SMILES string of the molecule is COc1cc(N2CC3CCCC(N)C3C2)nc(C)n1. The molecule has 0 radical (unpaired) electrons. The van der Waals surface area contributed by atoms with Crippen LogP contribution in [0.4, 0.5) is 5.82 Å². The number of aryl methyl sites for hydroxylation is 1. The largest absolute Gasteiger partial charge is 0.481 e. The molecule has 2 aliphatic rings. The highest BCUT2D eigenvalue weighted by atomic mass is 16.5. The van der Waals surface area contributed by atoms with Crippen molar-refractivity contribution in [1.82, 2.24) is 9.97 Å². The van der Waals surface area contributed by atoms with Crippen LogP contribution in [0.2, 0.25) is 0 Å². The van der Waals surface area contributed by atoms with Gasteiger partial charge in [0.1, 0.15) is 11.6 Å². The molecular formula is C14H22N4O. The molecule has 1 aromatic heterocycles. The Kier molecular flexibility index (Phi) is 3.31. The van der Waals surface area contributed by atoms with E-state index >= 15 is 0 Å². The second kappa shape index (κ2) is 4.96. The summed E-state index contributed by atoms with van der Waals surface area (Å²) >= 11 is 0. The summed E-state index contributed by atoms with van der Waals surface area (Å²) in [5.74, 6) is 3.72. The van der Waals surface area contributed by atoms with Gasteiger partial charge in [0, 0.05) is 25.2 Å². The molecule has 1 aromatic rings. The molecule has 5 heteroatoms. The molecule has 3 atom stereocenters. The summed E-state index contributed by atoms with van der Waals surface area (Å²) in [6, 6.07) is 2.28. The van der Waals surface area contributed by atoms with Crippen molar-refractivity contribution in [3.63, 3.8) is 0 Å². The van der Waals surface area contributed by atoms with Crippen LogP contribution in [0.25, 0.3) is 0 Å². The van der Waals surface area contributed by atoms with E-state index in [-0.39, 0.29) is 0 Å². The molecule has 1 saturated heterocycles. The first-order valence-corrected chi connectivity index (χ1v) is 7.07. The van der Waals surface area contributed by atoms with Gasteiger partial charge in [-0.2, -0.15) is 4.98 Å². The summed E-state index contributed by atoms with van der Waals surface area (Å²) < 4.78 is 5.23. The zero-order valence-electron chi connectivity index (χ0n) is 11.7. The van der Waals surface area contributed by atoms with Crippen LogP contribution in [0.3, 0.4) is 0 Å². The number of aromatic nitrogens is 2. The maximum Gasteiger partial charge on any atom is 0.218 e. The lowest BCUT2D eigenvalue weighted by Crippen LogP contribution is -2.38. The third kappa shape index (κ3) is 2.39. The first-order chi connectivity index (χ1) is 9.17. The molecule has 2 fully saturated rings. The number of ether oxygens (including phenoxy) is 1. The van der Waals surface area contributed by atoms with Crippen molar-refractivity contribution in [2.24, 2.45) is 17.6 Å². The molecule has 3 unspecified atom stereocenters. The molecule has 3 rings (SSSR count). The Morgan fingerprint density at radius 1 is 1.32 bits per heavy atom. The number of methoxy groups -OCH3 is 1. The van der Waals surface area contributed by atoms with Crippen LogP contribution in [-0.2, 0) is 0 Å². The van der Waals surface area contributed by atoms with Gasteiger partial charge in [-0.1, -0.05) is 6.42 Å². The van der Waals surface area contributed by atoms with E-state index < -0.39 is 0 Å². The zero-order valence-corrected chi connectivity index (χ0v) is 11.7. The van der Waals surface area contributed by atoms with Gasteiger partial charge >= 0.3 is 0 Å². The number of anilines is 1. The first-order valence-electron chi connectivity index (χ1n) is 7.07. The van der Waals surface area contributed by atoms with Gasteiger partial charge in [0.2, 0.25) is 5.88 Å². The average Bonchev–Trinajstić information content (AvgIpc) is 2.83.